The molecule has 0 unspecified atom stereocenters. The number of amides is 1. The van der Waals surface area contributed by atoms with Gasteiger partial charge in [0, 0.05) is 38.3 Å². The number of aromatic nitrogens is 2. The van der Waals surface area contributed by atoms with Crippen LogP contribution in [0.1, 0.15) is 57.3 Å². The van der Waals surface area contributed by atoms with Crippen molar-refractivity contribution in [2.75, 3.05) is 49.9 Å². The van der Waals surface area contributed by atoms with Crippen molar-refractivity contribution in [2.45, 2.75) is 59.0 Å². The van der Waals surface area contributed by atoms with E-state index in [4.69, 9.17) is 4.74 Å². The molecule has 0 radical (unpaired) electrons. The molecule has 40 heavy (non-hydrogen) atoms. The molecule has 1 atom stereocenters. The summed E-state index contributed by atoms with van der Waals surface area (Å²) in [5.41, 5.74) is 0.161. The number of nitrogens with zero attached hydrogens (tertiary/aromatic N) is 5. The standard InChI is InChI=1S/C28H41FN6O4S/c1-5-35(20(3)4)28(36)24-15-22(29)7-8-25(24)39-26-16-30-19-31-27(26)34-14-9-21(18-34)17-33-12-10-23(11-13-33)32-40(37,38)6-2/h7-8,15-16,19-21,23,32H,5-6,9-14,17-18H2,1-4H3/t21-/m0/s1. The van der Waals surface area contributed by atoms with Gasteiger partial charge in [-0.25, -0.2) is 27.5 Å². The Morgan fingerprint density at radius 3 is 2.60 bits per heavy atom. The van der Waals surface area contributed by atoms with Gasteiger partial charge in [0.1, 0.15) is 17.9 Å². The van der Waals surface area contributed by atoms with Crippen molar-refractivity contribution in [1.29, 1.82) is 0 Å². The minimum Gasteiger partial charge on any atom is -0.451 e. The summed E-state index contributed by atoms with van der Waals surface area (Å²) in [4.78, 5) is 28.1. The van der Waals surface area contributed by atoms with Crippen molar-refractivity contribution in [3.8, 4) is 11.5 Å². The van der Waals surface area contributed by atoms with Gasteiger partial charge in [0.25, 0.3) is 5.91 Å². The van der Waals surface area contributed by atoms with Crippen molar-refractivity contribution >= 4 is 21.7 Å². The van der Waals surface area contributed by atoms with Gasteiger partial charge in [-0.05, 0) is 84.2 Å². The highest BCUT2D eigenvalue weighted by molar-refractivity contribution is 7.89. The van der Waals surface area contributed by atoms with Crippen molar-refractivity contribution < 1.29 is 22.3 Å². The van der Waals surface area contributed by atoms with E-state index in [9.17, 15) is 17.6 Å². The second-order valence-corrected chi connectivity index (χ2v) is 12.9. The maximum absolute atomic E-state index is 14.2. The molecule has 3 heterocycles. The van der Waals surface area contributed by atoms with Crippen LogP contribution in [0.2, 0.25) is 0 Å². The van der Waals surface area contributed by atoms with E-state index >= 15 is 0 Å². The predicted octanol–water partition coefficient (Wildman–Crippen LogP) is 3.51. The van der Waals surface area contributed by atoms with Crippen LogP contribution >= 0.6 is 0 Å². The molecule has 2 saturated heterocycles. The van der Waals surface area contributed by atoms with Crippen LogP contribution in [0.25, 0.3) is 0 Å². The summed E-state index contributed by atoms with van der Waals surface area (Å²) in [6.45, 7) is 12.1. The van der Waals surface area contributed by atoms with Gasteiger partial charge in [0.05, 0.1) is 17.5 Å². The lowest BCUT2D eigenvalue weighted by Crippen LogP contribution is -2.46. The first-order valence-electron chi connectivity index (χ1n) is 14.2. The van der Waals surface area contributed by atoms with E-state index in [1.54, 1.807) is 18.0 Å². The number of hydrogen-bond donors (Lipinski definition) is 1. The van der Waals surface area contributed by atoms with Gasteiger partial charge >= 0.3 is 0 Å². The number of ether oxygens (including phenoxy) is 1. The fourth-order valence-corrected chi connectivity index (χ4v) is 6.41. The second-order valence-electron chi connectivity index (χ2n) is 10.8. The van der Waals surface area contributed by atoms with E-state index < -0.39 is 15.8 Å². The Morgan fingerprint density at radius 2 is 1.93 bits per heavy atom. The Balaban J connectivity index is 1.41. The fraction of sp³-hybridized carbons (Fsp3) is 0.607. The molecule has 2 aromatic rings. The molecule has 10 nitrogen and oxygen atoms in total. The highest BCUT2D eigenvalue weighted by Gasteiger charge is 2.30. The SMILES string of the molecule is CCN(C(=O)c1cc(F)ccc1Oc1cncnc1N1CC[C@@H](CN2CCC(NS(=O)(=O)CC)CC2)C1)C(C)C. The molecule has 0 bridgehead atoms. The average Bonchev–Trinajstić information content (AvgIpc) is 3.39. The molecule has 0 aliphatic carbocycles. The number of rotatable bonds is 11. The van der Waals surface area contributed by atoms with Crippen LogP contribution in [0, 0.1) is 11.7 Å². The molecule has 1 N–H and O–H groups in total. The lowest BCUT2D eigenvalue weighted by molar-refractivity contribution is 0.0713. The van der Waals surface area contributed by atoms with Crippen LogP contribution in [-0.2, 0) is 10.0 Å². The largest absolute Gasteiger partial charge is 0.451 e. The van der Waals surface area contributed by atoms with Gasteiger partial charge in [-0.3, -0.25) is 4.79 Å². The topological polar surface area (TPSA) is 108 Å². The Labute approximate surface area is 237 Å². The molecular weight excluding hydrogens is 535 g/mol. The van der Waals surface area contributed by atoms with Crippen LogP contribution < -0.4 is 14.4 Å². The van der Waals surface area contributed by atoms with Gasteiger partial charge < -0.3 is 19.4 Å². The summed E-state index contributed by atoms with van der Waals surface area (Å²) in [6, 6.07) is 3.94. The number of sulfonamides is 1. The molecule has 220 valence electrons. The fourth-order valence-electron chi connectivity index (χ4n) is 5.50. The molecular formula is C28H41FN6O4S. The molecule has 12 heteroatoms. The van der Waals surface area contributed by atoms with Crippen molar-refractivity contribution in [3.05, 3.63) is 42.1 Å². The molecule has 4 rings (SSSR count). The van der Waals surface area contributed by atoms with E-state index in [1.165, 1.54) is 24.5 Å². The number of carbonyl (C=O) groups excluding carboxylic acids is 1. The summed E-state index contributed by atoms with van der Waals surface area (Å²) < 4.78 is 47.0. The number of likely N-dealkylation sites (tertiary alicyclic amines) is 1. The number of halogens is 1. The van der Waals surface area contributed by atoms with Crippen molar-refractivity contribution in [1.82, 2.24) is 24.5 Å². The van der Waals surface area contributed by atoms with E-state index in [0.717, 1.165) is 52.0 Å². The first-order valence-corrected chi connectivity index (χ1v) is 15.8. The molecule has 0 saturated carbocycles. The Morgan fingerprint density at radius 1 is 1.18 bits per heavy atom. The summed E-state index contributed by atoms with van der Waals surface area (Å²) in [7, 11) is -3.18. The normalized spacial score (nSPS) is 18.9. The zero-order chi connectivity index (χ0) is 28.9. The monoisotopic (exact) mass is 576 g/mol. The maximum Gasteiger partial charge on any atom is 0.257 e. The Bertz CT molecular complexity index is 1270. The number of anilines is 1. The summed E-state index contributed by atoms with van der Waals surface area (Å²) in [5, 5.41) is 0. The molecule has 1 aromatic carbocycles. The number of piperidine rings is 1. The summed E-state index contributed by atoms with van der Waals surface area (Å²) in [6.07, 6.45) is 5.67. The van der Waals surface area contributed by atoms with E-state index in [1.807, 2.05) is 20.8 Å². The van der Waals surface area contributed by atoms with Crippen LogP contribution in [0.15, 0.2) is 30.7 Å². The van der Waals surface area contributed by atoms with Crippen LogP contribution in [-0.4, -0.2) is 91.2 Å². The maximum atomic E-state index is 14.2. The second kappa shape index (κ2) is 13.2. The first kappa shape index (κ1) is 30.1. The Kier molecular flexibility index (Phi) is 9.96. The predicted molar refractivity (Wildman–Crippen MR) is 153 cm³/mol. The molecule has 1 amide bonds. The summed E-state index contributed by atoms with van der Waals surface area (Å²) in [5.74, 6) is 1.06. The minimum absolute atomic E-state index is 0.00943. The van der Waals surface area contributed by atoms with Gasteiger partial charge in [0.15, 0.2) is 11.6 Å². The molecule has 2 aliphatic heterocycles. The third kappa shape index (κ3) is 7.46. The number of nitrogens with one attached hydrogen (secondary N) is 1. The lowest BCUT2D eigenvalue weighted by Gasteiger charge is -2.33. The number of benzene rings is 1. The van der Waals surface area contributed by atoms with Crippen molar-refractivity contribution in [3.63, 3.8) is 0 Å². The molecule has 2 aliphatic rings. The van der Waals surface area contributed by atoms with Crippen LogP contribution in [0.3, 0.4) is 0 Å². The van der Waals surface area contributed by atoms with Crippen LogP contribution in [0.4, 0.5) is 10.2 Å². The quantitative estimate of drug-likeness (QED) is 0.433. The highest BCUT2D eigenvalue weighted by atomic mass is 32.2. The third-order valence-electron chi connectivity index (χ3n) is 7.69. The molecule has 2 fully saturated rings. The first-order chi connectivity index (χ1) is 19.1. The number of hydrogen-bond acceptors (Lipinski definition) is 8. The smallest absolute Gasteiger partial charge is 0.257 e. The Hall–Kier alpha value is -2.83. The lowest BCUT2D eigenvalue weighted by atomic mass is 10.0. The van der Waals surface area contributed by atoms with Gasteiger partial charge in [0.2, 0.25) is 10.0 Å². The summed E-state index contributed by atoms with van der Waals surface area (Å²) >= 11 is 0. The van der Waals surface area contributed by atoms with Gasteiger partial charge in [-0.2, -0.15) is 0 Å². The average molecular weight is 577 g/mol. The highest BCUT2D eigenvalue weighted by Crippen LogP contribution is 2.35. The van der Waals surface area contributed by atoms with E-state index in [0.29, 0.717) is 24.0 Å². The molecule has 0 spiro atoms. The number of carbonyl (C=O) groups is 1. The molecule has 1 aromatic heterocycles. The van der Waals surface area contributed by atoms with Gasteiger partial charge in [-0.1, -0.05) is 0 Å². The minimum atomic E-state index is -3.18. The van der Waals surface area contributed by atoms with Crippen molar-refractivity contribution in [2.24, 2.45) is 5.92 Å². The zero-order valence-electron chi connectivity index (χ0n) is 23.8. The zero-order valence-corrected chi connectivity index (χ0v) is 24.7. The van der Waals surface area contributed by atoms with Crippen LogP contribution in [0.5, 0.6) is 11.5 Å². The van der Waals surface area contributed by atoms with E-state index in [2.05, 4.69) is 24.5 Å². The third-order valence-corrected chi connectivity index (χ3v) is 9.14. The van der Waals surface area contributed by atoms with Gasteiger partial charge in [-0.15, -0.1) is 0 Å². The van der Waals surface area contributed by atoms with E-state index in [-0.39, 0.29) is 35.1 Å².